The van der Waals surface area contributed by atoms with E-state index >= 15 is 8.78 Å². The van der Waals surface area contributed by atoms with Crippen molar-refractivity contribution in [3.05, 3.63) is 41.6 Å². The number of ether oxygens (including phenoxy) is 1. The van der Waals surface area contributed by atoms with E-state index in [2.05, 4.69) is 25.2 Å². The van der Waals surface area contributed by atoms with E-state index in [1.54, 1.807) is 17.9 Å². The quantitative estimate of drug-likeness (QED) is 0.370. The smallest absolute Gasteiger partial charge is 0.319 e. The van der Waals surface area contributed by atoms with Crippen molar-refractivity contribution in [1.82, 2.24) is 30.0 Å². The van der Waals surface area contributed by atoms with Crippen LogP contribution in [0.1, 0.15) is 37.7 Å². The summed E-state index contributed by atoms with van der Waals surface area (Å²) in [5, 5.41) is 9.06. The number of hydrogen-bond acceptors (Lipinski definition) is 7. The highest BCUT2D eigenvalue weighted by atomic mass is 19.1. The van der Waals surface area contributed by atoms with Crippen LogP contribution in [0.15, 0.2) is 24.4 Å². The van der Waals surface area contributed by atoms with Gasteiger partial charge in [0.05, 0.1) is 22.8 Å². The number of alkyl halides is 1. The van der Waals surface area contributed by atoms with Crippen molar-refractivity contribution in [3.63, 3.8) is 0 Å². The van der Waals surface area contributed by atoms with Crippen LogP contribution in [0.2, 0.25) is 0 Å². The molecule has 0 spiro atoms. The molecule has 0 aliphatic carbocycles. The monoisotopic (exact) mass is 577 g/mol. The van der Waals surface area contributed by atoms with Crippen molar-refractivity contribution in [2.75, 3.05) is 37.7 Å². The summed E-state index contributed by atoms with van der Waals surface area (Å²) in [7, 11) is 1.77. The Morgan fingerprint density at radius 3 is 2.71 bits per heavy atom. The number of nitrogens with zero attached hydrogens (tertiary/aromatic N) is 6. The van der Waals surface area contributed by atoms with Crippen molar-refractivity contribution in [2.24, 2.45) is 7.05 Å². The summed E-state index contributed by atoms with van der Waals surface area (Å²) in [6, 6.07) is 5.75. The zero-order chi connectivity index (χ0) is 28.7. The number of halogens is 3. The Morgan fingerprint density at radius 1 is 1.10 bits per heavy atom. The summed E-state index contributed by atoms with van der Waals surface area (Å²) in [4.78, 5) is 13.6. The molecule has 0 unspecified atom stereocenters. The second-order valence-corrected chi connectivity index (χ2v) is 12.6. The van der Waals surface area contributed by atoms with Gasteiger partial charge in [-0.15, -0.1) is 0 Å². The van der Waals surface area contributed by atoms with Crippen molar-refractivity contribution in [3.8, 4) is 17.1 Å². The first-order valence-electron chi connectivity index (χ1n) is 14.9. The van der Waals surface area contributed by atoms with E-state index in [0.717, 1.165) is 43.2 Å². The molecule has 4 atom stereocenters. The van der Waals surface area contributed by atoms with Crippen molar-refractivity contribution < 1.29 is 17.9 Å². The summed E-state index contributed by atoms with van der Waals surface area (Å²) >= 11 is 0. The number of nitrogens with one attached hydrogen (secondary N) is 1. The molecule has 0 amide bonds. The number of rotatable bonds is 5. The highest BCUT2D eigenvalue weighted by Gasteiger charge is 2.49. The molecule has 6 heterocycles. The van der Waals surface area contributed by atoms with Crippen molar-refractivity contribution in [2.45, 2.75) is 62.8 Å². The molecule has 4 aromatic rings. The molecule has 11 heteroatoms. The average molecular weight is 578 g/mol. The van der Waals surface area contributed by atoms with Gasteiger partial charge in [0, 0.05) is 61.5 Å². The first-order chi connectivity index (χ1) is 20.3. The number of aromatic nitrogens is 4. The molecule has 8 rings (SSSR count). The Balaban J connectivity index is 1.28. The molecule has 0 radical (unpaired) electrons. The van der Waals surface area contributed by atoms with Crippen LogP contribution in [0, 0.1) is 18.6 Å². The van der Waals surface area contributed by atoms with Gasteiger partial charge in [-0.1, -0.05) is 12.1 Å². The maximum atomic E-state index is 16.8. The Kier molecular flexibility index (Phi) is 5.95. The molecule has 220 valence electrons. The lowest BCUT2D eigenvalue weighted by Gasteiger charge is -2.34. The minimum atomic E-state index is -0.890. The van der Waals surface area contributed by atoms with Gasteiger partial charge in [-0.05, 0) is 50.8 Å². The summed E-state index contributed by atoms with van der Waals surface area (Å²) < 4.78 is 55.2. The minimum absolute atomic E-state index is 0.0198. The van der Waals surface area contributed by atoms with Crippen LogP contribution in [-0.4, -0.2) is 81.2 Å². The average Bonchev–Trinajstić information content (AvgIpc) is 3.70. The van der Waals surface area contributed by atoms with Crippen LogP contribution < -0.4 is 15.0 Å². The second kappa shape index (κ2) is 9.54. The van der Waals surface area contributed by atoms with Crippen LogP contribution in [0.25, 0.3) is 32.9 Å². The van der Waals surface area contributed by atoms with Crippen LogP contribution in [0.3, 0.4) is 0 Å². The molecule has 4 aliphatic rings. The van der Waals surface area contributed by atoms with Gasteiger partial charge < -0.3 is 15.0 Å². The third-order valence-corrected chi connectivity index (χ3v) is 9.95. The SMILES string of the molecule is Cc1ccc2cnn(C)c2c1-c1c(F)cc2c(N3C[C@H]4CC[C@@H](C3)N4)nc(OC[C@@]34CCCN3C[C@H](F)C4)nc2c1F. The normalized spacial score (nSPS) is 27.5. The highest BCUT2D eigenvalue weighted by molar-refractivity contribution is 6.00. The molecule has 42 heavy (non-hydrogen) atoms. The van der Waals surface area contributed by atoms with Crippen LogP contribution in [-0.2, 0) is 7.05 Å². The lowest BCUT2D eigenvalue weighted by atomic mass is 9.95. The van der Waals surface area contributed by atoms with E-state index < -0.39 is 23.3 Å². The minimum Gasteiger partial charge on any atom is -0.461 e. The summed E-state index contributed by atoms with van der Waals surface area (Å²) in [6.07, 6.45) is 5.14. The maximum absolute atomic E-state index is 16.8. The van der Waals surface area contributed by atoms with E-state index in [9.17, 15) is 4.39 Å². The summed E-state index contributed by atoms with van der Waals surface area (Å²) in [5.41, 5.74) is 1.32. The van der Waals surface area contributed by atoms with E-state index in [4.69, 9.17) is 9.72 Å². The number of aryl methyl sites for hydroxylation is 2. The largest absolute Gasteiger partial charge is 0.461 e. The lowest BCUT2D eigenvalue weighted by molar-refractivity contribution is 0.107. The van der Waals surface area contributed by atoms with E-state index in [0.29, 0.717) is 60.4 Å². The first kappa shape index (κ1) is 26.2. The van der Waals surface area contributed by atoms with Gasteiger partial charge >= 0.3 is 6.01 Å². The number of piperazine rings is 1. The van der Waals surface area contributed by atoms with Gasteiger partial charge in [-0.3, -0.25) is 9.58 Å². The Morgan fingerprint density at radius 2 is 1.90 bits per heavy atom. The Labute approximate surface area is 241 Å². The molecule has 2 aromatic carbocycles. The fourth-order valence-corrected chi connectivity index (χ4v) is 8.00. The molecule has 1 N–H and O–H groups in total. The van der Waals surface area contributed by atoms with Crippen LogP contribution in [0.4, 0.5) is 19.0 Å². The van der Waals surface area contributed by atoms with Crippen LogP contribution >= 0.6 is 0 Å². The van der Waals surface area contributed by atoms with Gasteiger partial charge in [0.25, 0.3) is 0 Å². The zero-order valence-corrected chi connectivity index (χ0v) is 23.8. The predicted molar refractivity (Wildman–Crippen MR) is 155 cm³/mol. The third-order valence-electron chi connectivity index (χ3n) is 9.95. The third kappa shape index (κ3) is 4.00. The molecule has 4 saturated heterocycles. The molecule has 4 aliphatic heterocycles. The summed E-state index contributed by atoms with van der Waals surface area (Å²) in [6.45, 7) is 4.69. The number of benzene rings is 2. The van der Waals surface area contributed by atoms with E-state index in [1.807, 2.05) is 19.1 Å². The zero-order valence-electron chi connectivity index (χ0n) is 23.8. The van der Waals surface area contributed by atoms with E-state index in [1.165, 1.54) is 6.07 Å². The number of fused-ring (bicyclic) bond motifs is 5. The molecule has 8 nitrogen and oxygen atoms in total. The van der Waals surface area contributed by atoms with Crippen LogP contribution in [0.5, 0.6) is 6.01 Å². The van der Waals surface area contributed by atoms with Crippen molar-refractivity contribution >= 4 is 27.6 Å². The Hall–Kier alpha value is -3.44. The fraction of sp³-hybridized carbons (Fsp3) is 0.516. The number of anilines is 1. The molecular formula is C31H34F3N7O. The molecule has 2 bridgehead atoms. The number of hydrogen-bond donors (Lipinski definition) is 1. The van der Waals surface area contributed by atoms with Gasteiger partial charge in [0.15, 0.2) is 5.82 Å². The standard InChI is InChI=1S/C31H34F3N7O/c1-17-4-5-18-12-35-39(2)28(18)24(17)25-23(33)10-22-27(26(25)34)37-30(38-29(22)40-14-20-6-7-21(15-40)36-20)42-16-31-8-3-9-41(31)13-19(32)11-31/h4-5,10,12,19-21,36H,3,6-9,11,13-16H2,1-2H3/t19-,20-,21+,31+/m1/s1. The Bertz CT molecular complexity index is 1710. The molecular weight excluding hydrogens is 543 g/mol. The van der Waals surface area contributed by atoms with Gasteiger partial charge in [0.1, 0.15) is 29.9 Å². The molecule has 4 fully saturated rings. The topological polar surface area (TPSA) is 71.3 Å². The molecule has 2 aromatic heterocycles. The molecule has 0 saturated carbocycles. The lowest BCUT2D eigenvalue weighted by Crippen LogP contribution is -2.51. The van der Waals surface area contributed by atoms with Gasteiger partial charge in [-0.2, -0.15) is 15.1 Å². The van der Waals surface area contributed by atoms with Crippen molar-refractivity contribution in [1.29, 1.82) is 0 Å². The van der Waals surface area contributed by atoms with Gasteiger partial charge in [0.2, 0.25) is 0 Å². The second-order valence-electron chi connectivity index (χ2n) is 12.6. The highest BCUT2D eigenvalue weighted by Crippen LogP contribution is 2.42. The van der Waals surface area contributed by atoms with Gasteiger partial charge in [-0.25, -0.2) is 13.2 Å². The maximum Gasteiger partial charge on any atom is 0.319 e. The van der Waals surface area contributed by atoms with E-state index in [-0.39, 0.29) is 23.7 Å². The predicted octanol–water partition coefficient (Wildman–Crippen LogP) is 4.67. The first-order valence-corrected chi connectivity index (χ1v) is 14.9. The summed E-state index contributed by atoms with van der Waals surface area (Å²) in [5.74, 6) is -0.948. The fourth-order valence-electron chi connectivity index (χ4n) is 8.00.